The molecule has 0 saturated heterocycles. The Bertz CT molecular complexity index is 6540. The smallest absolute Gasteiger partial charge is 0.337 e. The van der Waals surface area contributed by atoms with Gasteiger partial charge in [0.15, 0.2) is 0 Å². The van der Waals surface area contributed by atoms with E-state index in [0.717, 1.165) is 177 Å². The van der Waals surface area contributed by atoms with Gasteiger partial charge in [-0.2, -0.15) is 0 Å². The molecule has 5 aliphatic carbocycles. The molecule has 0 saturated carbocycles. The molecule has 0 radical (unpaired) electrons. The monoisotopic (exact) mass is 1450 g/mol. The first kappa shape index (κ1) is 66.4. The van der Waals surface area contributed by atoms with E-state index >= 15 is 0 Å². The summed E-state index contributed by atoms with van der Waals surface area (Å²) in [5, 5.41) is 10.9. The van der Waals surface area contributed by atoms with Crippen LogP contribution < -0.4 is 10.7 Å². The number of rotatable bonds is 8. The van der Waals surface area contributed by atoms with Gasteiger partial charge in [0.25, 0.3) is 0 Å². The van der Waals surface area contributed by atoms with Crippen molar-refractivity contribution in [1.29, 1.82) is 0 Å². The van der Waals surface area contributed by atoms with Gasteiger partial charge in [-0.1, -0.05) is 194 Å². The standard InChI is InChI=1S/C100H70N4O8/c1-109-97(105)57-29-21-53(22-30-57)85-89-77-45-69-37-61-13-5-7-15-63(61)39-71(69)47-79(77)91(101-89)86(54-23-31-58(32-24-54)98(106)110-2)93-81-49-73-41-65-17-9-11-19-67(65)43-75(73)51-83(81)95(103-93)88(56-27-35-60(36-28-56)100(108)112-4)96-84-52-76-44-68-20-12-10-18-66(68)42-74(76)50-82(84)94(104-96)87(55-25-33-59(34-26-55)99(107)111-3)92-80-48-72-40-64-16-8-6-14-62(64)38-70(72)46-78(80)90(85)102-92/h5-44,101,104H,45-52H2,1-4H3. The van der Waals surface area contributed by atoms with Crippen LogP contribution in [0.4, 0.5) is 0 Å². The topological polar surface area (TPSA) is 161 Å². The average Bonchev–Trinajstić information content (AvgIpc) is 1.55. The van der Waals surface area contributed by atoms with Gasteiger partial charge < -0.3 is 28.9 Å². The lowest BCUT2D eigenvalue weighted by Crippen LogP contribution is -2.25. The summed E-state index contributed by atoms with van der Waals surface area (Å²) in [6.45, 7) is 0. The van der Waals surface area contributed by atoms with Crippen molar-refractivity contribution in [2.45, 2.75) is 51.4 Å². The summed E-state index contributed by atoms with van der Waals surface area (Å²) < 4.78 is 21.7. The Balaban J connectivity index is 0.982. The van der Waals surface area contributed by atoms with Crippen LogP contribution in [0, 0.1) is 0 Å². The van der Waals surface area contributed by atoms with E-state index in [1.54, 1.807) is 0 Å². The summed E-state index contributed by atoms with van der Waals surface area (Å²) in [6, 6.07) is 84.4. The molecule has 0 amide bonds. The molecule has 21 rings (SSSR count). The van der Waals surface area contributed by atoms with Gasteiger partial charge in [-0.15, -0.1) is 0 Å². The second-order valence-corrected chi connectivity index (χ2v) is 30.3. The predicted octanol–water partition coefficient (Wildman–Crippen LogP) is 17.8. The number of fused-ring (bicyclic) bond motifs is 8. The first-order valence-corrected chi connectivity index (χ1v) is 38.0. The lowest BCUT2D eigenvalue weighted by Gasteiger charge is -2.24. The van der Waals surface area contributed by atoms with Crippen LogP contribution in [0.15, 0.2) is 286 Å². The quantitative estimate of drug-likeness (QED) is 0.112. The molecule has 538 valence electrons. The van der Waals surface area contributed by atoms with Crippen molar-refractivity contribution in [3.05, 3.63) is 410 Å². The minimum absolute atomic E-state index is 0.404. The molecule has 2 N–H and O–H groups in total. The van der Waals surface area contributed by atoms with Crippen molar-refractivity contribution < 1.29 is 38.1 Å². The van der Waals surface area contributed by atoms with E-state index in [-0.39, 0.29) is 0 Å². The molecule has 14 aromatic rings. The minimum atomic E-state index is -0.452. The van der Waals surface area contributed by atoms with Gasteiger partial charge in [0.1, 0.15) is 0 Å². The first-order chi connectivity index (χ1) is 54.9. The highest BCUT2D eigenvalue weighted by Gasteiger charge is 2.41. The molecule has 12 nitrogen and oxygen atoms in total. The second kappa shape index (κ2) is 25.9. The van der Waals surface area contributed by atoms with Crippen LogP contribution in [0.3, 0.4) is 0 Å². The third kappa shape index (κ3) is 10.6. The van der Waals surface area contributed by atoms with Crippen LogP contribution >= 0.6 is 0 Å². The van der Waals surface area contributed by atoms with Crippen LogP contribution in [-0.2, 0) is 70.3 Å². The number of ether oxygens (including phenoxy) is 4. The number of aromatic nitrogens is 2. The van der Waals surface area contributed by atoms with Gasteiger partial charge >= 0.3 is 23.9 Å². The van der Waals surface area contributed by atoms with Gasteiger partial charge in [-0.05, 0) is 203 Å². The zero-order chi connectivity index (χ0) is 75.3. The van der Waals surface area contributed by atoms with Crippen molar-refractivity contribution in [2.24, 2.45) is 9.98 Å². The fourth-order valence-corrected chi connectivity index (χ4v) is 18.8. The van der Waals surface area contributed by atoms with E-state index in [1.807, 2.05) is 97.1 Å². The van der Waals surface area contributed by atoms with Gasteiger partial charge in [0, 0.05) is 73.7 Å². The minimum Gasteiger partial charge on any atom is -0.465 e. The maximum Gasteiger partial charge on any atom is 0.337 e. The van der Waals surface area contributed by atoms with Crippen molar-refractivity contribution in [1.82, 2.24) is 9.97 Å². The number of H-pyrrole nitrogens is 2. The SMILES string of the molecule is COC(=O)c1ccc(C2=C3N=C(C4=C3Cc3cc5ccccc5cc3C4)C(c3ccc(C(=O)OC)cc3)=c3[nH]c(c4c3Cc3cc5ccccc5cc3C4)=C(c3ccc(C(=O)OC)cc3)C3=NC(=C(c4ccc(C(=O)OC)cc4)c4[nH]c2c2c4Cc4cc5ccccc5cc4C2)C2=C3Cc3cc4ccccc4cc3C2)cc1. The summed E-state index contributed by atoms with van der Waals surface area (Å²) >= 11 is 0. The van der Waals surface area contributed by atoms with Gasteiger partial charge in [0.2, 0.25) is 0 Å². The van der Waals surface area contributed by atoms with Crippen molar-refractivity contribution in [2.75, 3.05) is 28.4 Å². The van der Waals surface area contributed by atoms with Gasteiger partial charge in [-0.3, -0.25) is 0 Å². The highest BCUT2D eigenvalue weighted by atomic mass is 16.5. The van der Waals surface area contributed by atoms with E-state index in [9.17, 15) is 19.2 Å². The normalized spacial score (nSPS) is 15.1. The summed E-state index contributed by atoms with van der Waals surface area (Å²) in [4.78, 5) is 76.6. The largest absolute Gasteiger partial charge is 0.465 e. The number of nitrogens with zero attached hydrogens (tertiary/aromatic N) is 2. The van der Waals surface area contributed by atoms with E-state index < -0.39 is 23.9 Å². The highest BCUT2D eigenvalue weighted by molar-refractivity contribution is 6.35. The number of hydrogen-bond acceptors (Lipinski definition) is 10. The number of allylic oxidation sites excluding steroid dienone is 4. The number of aromatic amines is 2. The second-order valence-electron chi connectivity index (χ2n) is 30.3. The molecular weight excluding hydrogens is 1390 g/mol. The first-order valence-electron chi connectivity index (χ1n) is 38.0. The Kier molecular flexibility index (Phi) is 15.4. The average molecular weight is 1460 g/mol. The van der Waals surface area contributed by atoms with Crippen molar-refractivity contribution in [3.63, 3.8) is 0 Å². The lowest BCUT2D eigenvalue weighted by atomic mass is 9.78. The molecule has 0 fully saturated rings. The molecule has 112 heavy (non-hydrogen) atoms. The van der Waals surface area contributed by atoms with Crippen molar-refractivity contribution >= 4 is 101 Å². The number of hydrogen-bond donors (Lipinski definition) is 2. The van der Waals surface area contributed by atoms with E-state index in [0.29, 0.717) is 73.6 Å². The zero-order valence-electron chi connectivity index (χ0n) is 61.9. The Labute approximate surface area is 644 Å². The fraction of sp³-hybridized carbons (Fsp3) is 0.120. The Morgan fingerprint density at radius 2 is 0.500 bits per heavy atom. The molecule has 0 unspecified atom stereocenters. The molecule has 0 atom stereocenters. The molecule has 0 spiro atoms. The highest BCUT2D eigenvalue weighted by Crippen LogP contribution is 2.51. The van der Waals surface area contributed by atoms with Crippen LogP contribution in [0.2, 0.25) is 0 Å². The summed E-state index contributed by atoms with van der Waals surface area (Å²) in [5.41, 5.74) is 31.3. The molecule has 7 aliphatic rings. The van der Waals surface area contributed by atoms with E-state index in [2.05, 4.69) is 156 Å². The van der Waals surface area contributed by atoms with Crippen LogP contribution in [-0.4, -0.2) is 73.7 Å². The number of nitrogens with one attached hydrogen (secondary N) is 2. The fourth-order valence-electron chi connectivity index (χ4n) is 18.8. The lowest BCUT2D eigenvalue weighted by molar-refractivity contribution is 0.0592. The number of benzene rings is 12. The molecule has 4 heterocycles. The molecule has 2 aromatic heterocycles. The number of esters is 4. The van der Waals surface area contributed by atoms with Gasteiger partial charge in [0.05, 0.1) is 95.6 Å². The third-order valence-corrected chi connectivity index (χ3v) is 24.3. The summed E-state index contributed by atoms with van der Waals surface area (Å²) in [7, 11) is 5.64. The van der Waals surface area contributed by atoms with Crippen molar-refractivity contribution in [3.8, 4) is 0 Å². The molecule has 12 heteroatoms. The molecular formula is C100H70N4O8. The number of carbonyl (C=O) groups excluding carboxylic acids is 4. The number of carbonyl (C=O) groups is 4. The molecule has 8 bridgehead atoms. The number of aliphatic imine (C=N–C) groups is 2. The maximum atomic E-state index is 13.7. The Morgan fingerprint density at radius 3 is 0.759 bits per heavy atom. The molecule has 12 aromatic carbocycles. The zero-order valence-corrected chi connectivity index (χ0v) is 61.9. The number of methoxy groups -OCH3 is 4. The Hall–Kier alpha value is -13.8. The van der Waals surface area contributed by atoms with E-state index in [1.165, 1.54) is 72.9 Å². The summed E-state index contributed by atoms with van der Waals surface area (Å²) in [5.74, 6) is -1.81. The third-order valence-electron chi connectivity index (χ3n) is 24.3. The molecule has 2 aliphatic heterocycles. The van der Waals surface area contributed by atoms with Crippen LogP contribution in [0.5, 0.6) is 0 Å². The maximum absolute atomic E-state index is 13.7. The van der Waals surface area contributed by atoms with Gasteiger partial charge in [-0.25, -0.2) is 29.2 Å². The summed E-state index contributed by atoms with van der Waals surface area (Å²) in [6.07, 6.45) is 4.28. The van der Waals surface area contributed by atoms with Crippen LogP contribution in [0.1, 0.15) is 142 Å². The van der Waals surface area contributed by atoms with E-state index in [4.69, 9.17) is 28.9 Å². The predicted molar refractivity (Wildman–Crippen MR) is 440 cm³/mol. The van der Waals surface area contributed by atoms with Crippen LogP contribution in [0.25, 0.3) is 65.4 Å². The Morgan fingerprint density at radius 1 is 0.268 bits per heavy atom.